The van der Waals surface area contributed by atoms with Crippen LogP contribution >= 0.6 is 0 Å². The number of pyridine rings is 1. The molecule has 2 heterocycles. The van der Waals surface area contributed by atoms with Gasteiger partial charge in [0.15, 0.2) is 0 Å². The number of hydrogen-bond donors (Lipinski definition) is 1. The summed E-state index contributed by atoms with van der Waals surface area (Å²) >= 11 is 0. The van der Waals surface area contributed by atoms with Crippen LogP contribution in [0.25, 0.3) is 0 Å². The molecule has 92 valence electrons. The van der Waals surface area contributed by atoms with E-state index in [0.29, 0.717) is 13.1 Å². The minimum atomic E-state index is -0.286. The number of ether oxygens (including phenoxy) is 1. The first kappa shape index (κ1) is 11.9. The Hall–Kier alpha value is -1.62. The number of aromatic nitrogens is 1. The number of rotatable bonds is 2. The highest BCUT2D eigenvalue weighted by Crippen LogP contribution is 2.31. The fourth-order valence-corrected chi connectivity index (χ4v) is 2.34. The van der Waals surface area contributed by atoms with Crippen molar-refractivity contribution in [2.45, 2.75) is 18.9 Å². The SMILES string of the molecule is COC(=O)N1CCc2cnccc2C1CCN. The van der Waals surface area contributed by atoms with Crippen molar-refractivity contribution in [1.29, 1.82) is 0 Å². The van der Waals surface area contributed by atoms with Gasteiger partial charge >= 0.3 is 6.09 Å². The molecule has 1 unspecified atom stereocenters. The summed E-state index contributed by atoms with van der Waals surface area (Å²) in [5.41, 5.74) is 7.97. The van der Waals surface area contributed by atoms with E-state index in [2.05, 4.69) is 4.98 Å². The fourth-order valence-electron chi connectivity index (χ4n) is 2.34. The zero-order valence-electron chi connectivity index (χ0n) is 9.93. The Kier molecular flexibility index (Phi) is 3.58. The third kappa shape index (κ3) is 2.24. The number of carbonyl (C=O) groups is 1. The zero-order chi connectivity index (χ0) is 12.3. The second kappa shape index (κ2) is 5.14. The van der Waals surface area contributed by atoms with Crippen LogP contribution in [0.5, 0.6) is 0 Å². The maximum atomic E-state index is 11.7. The number of carbonyl (C=O) groups excluding carboxylic acids is 1. The van der Waals surface area contributed by atoms with Gasteiger partial charge in [0, 0.05) is 18.9 Å². The Bertz CT molecular complexity index is 408. The zero-order valence-corrected chi connectivity index (χ0v) is 9.93. The largest absolute Gasteiger partial charge is 0.453 e. The molecule has 17 heavy (non-hydrogen) atoms. The molecular weight excluding hydrogens is 218 g/mol. The third-order valence-corrected chi connectivity index (χ3v) is 3.15. The number of hydrogen-bond acceptors (Lipinski definition) is 4. The van der Waals surface area contributed by atoms with Gasteiger partial charge in [-0.3, -0.25) is 4.98 Å². The smallest absolute Gasteiger partial charge is 0.410 e. The molecule has 1 aromatic rings. The van der Waals surface area contributed by atoms with Crippen LogP contribution in [0, 0.1) is 0 Å². The summed E-state index contributed by atoms with van der Waals surface area (Å²) < 4.78 is 4.81. The van der Waals surface area contributed by atoms with Crippen LogP contribution in [-0.4, -0.2) is 36.2 Å². The number of amides is 1. The van der Waals surface area contributed by atoms with Gasteiger partial charge in [0.05, 0.1) is 13.2 Å². The summed E-state index contributed by atoms with van der Waals surface area (Å²) in [6.45, 7) is 1.20. The molecule has 0 radical (unpaired) electrons. The average Bonchev–Trinajstić information content (AvgIpc) is 2.38. The highest BCUT2D eigenvalue weighted by molar-refractivity contribution is 5.68. The molecule has 1 atom stereocenters. The number of fused-ring (bicyclic) bond motifs is 1. The second-order valence-corrected chi connectivity index (χ2v) is 4.08. The summed E-state index contributed by atoms with van der Waals surface area (Å²) in [4.78, 5) is 17.6. The van der Waals surface area contributed by atoms with Crippen molar-refractivity contribution in [3.8, 4) is 0 Å². The maximum absolute atomic E-state index is 11.7. The lowest BCUT2D eigenvalue weighted by molar-refractivity contribution is 0.0989. The van der Waals surface area contributed by atoms with Crippen LogP contribution in [0.4, 0.5) is 4.79 Å². The Balaban J connectivity index is 2.32. The molecule has 2 rings (SSSR count). The third-order valence-electron chi connectivity index (χ3n) is 3.15. The highest BCUT2D eigenvalue weighted by Gasteiger charge is 2.30. The van der Waals surface area contributed by atoms with Crippen LogP contribution in [0.15, 0.2) is 18.5 Å². The molecule has 0 spiro atoms. The van der Waals surface area contributed by atoms with Crippen molar-refractivity contribution in [2.24, 2.45) is 5.73 Å². The molecule has 1 amide bonds. The molecule has 0 aliphatic carbocycles. The van der Waals surface area contributed by atoms with Crippen LogP contribution < -0.4 is 5.73 Å². The van der Waals surface area contributed by atoms with Gasteiger partial charge in [-0.15, -0.1) is 0 Å². The van der Waals surface area contributed by atoms with E-state index in [4.69, 9.17) is 10.5 Å². The lowest BCUT2D eigenvalue weighted by Gasteiger charge is -2.35. The van der Waals surface area contributed by atoms with Gasteiger partial charge < -0.3 is 15.4 Å². The van der Waals surface area contributed by atoms with Gasteiger partial charge in [0.2, 0.25) is 0 Å². The Morgan fingerprint density at radius 1 is 1.71 bits per heavy atom. The highest BCUT2D eigenvalue weighted by atomic mass is 16.5. The van der Waals surface area contributed by atoms with Gasteiger partial charge in [-0.2, -0.15) is 0 Å². The number of nitrogens with two attached hydrogens (primary N) is 1. The van der Waals surface area contributed by atoms with E-state index >= 15 is 0 Å². The van der Waals surface area contributed by atoms with E-state index in [-0.39, 0.29) is 12.1 Å². The van der Waals surface area contributed by atoms with E-state index in [1.165, 1.54) is 12.7 Å². The van der Waals surface area contributed by atoms with Crippen molar-refractivity contribution in [3.63, 3.8) is 0 Å². The minimum Gasteiger partial charge on any atom is -0.453 e. The summed E-state index contributed by atoms with van der Waals surface area (Å²) in [6, 6.07) is 1.98. The normalized spacial score (nSPS) is 18.7. The van der Waals surface area contributed by atoms with E-state index in [1.807, 2.05) is 12.3 Å². The fraction of sp³-hybridized carbons (Fsp3) is 0.500. The van der Waals surface area contributed by atoms with Gasteiger partial charge in [-0.25, -0.2) is 4.79 Å². The van der Waals surface area contributed by atoms with E-state index in [0.717, 1.165) is 18.4 Å². The van der Waals surface area contributed by atoms with Gasteiger partial charge in [-0.05, 0) is 36.6 Å². The molecule has 0 aromatic carbocycles. The van der Waals surface area contributed by atoms with Crippen molar-refractivity contribution in [2.75, 3.05) is 20.2 Å². The van der Waals surface area contributed by atoms with Crippen LogP contribution in [0.1, 0.15) is 23.6 Å². The summed E-state index contributed by atoms with van der Waals surface area (Å²) in [5, 5.41) is 0. The first-order valence-electron chi connectivity index (χ1n) is 5.75. The lowest BCUT2D eigenvalue weighted by Crippen LogP contribution is -2.40. The topological polar surface area (TPSA) is 68.5 Å². The van der Waals surface area contributed by atoms with E-state index in [1.54, 1.807) is 11.1 Å². The van der Waals surface area contributed by atoms with E-state index in [9.17, 15) is 4.79 Å². The van der Waals surface area contributed by atoms with Gasteiger partial charge in [0.1, 0.15) is 0 Å². The van der Waals surface area contributed by atoms with Crippen molar-refractivity contribution in [3.05, 3.63) is 29.6 Å². The first-order chi connectivity index (χ1) is 8.27. The van der Waals surface area contributed by atoms with Crippen molar-refractivity contribution in [1.82, 2.24) is 9.88 Å². The number of methoxy groups -OCH3 is 1. The molecule has 1 aliphatic heterocycles. The second-order valence-electron chi connectivity index (χ2n) is 4.08. The molecule has 0 fully saturated rings. The van der Waals surface area contributed by atoms with Crippen LogP contribution in [-0.2, 0) is 11.2 Å². The molecule has 0 bridgehead atoms. The molecule has 5 heteroatoms. The first-order valence-corrected chi connectivity index (χ1v) is 5.75. The maximum Gasteiger partial charge on any atom is 0.410 e. The monoisotopic (exact) mass is 235 g/mol. The predicted molar refractivity (Wildman–Crippen MR) is 63.5 cm³/mol. The van der Waals surface area contributed by atoms with Gasteiger partial charge in [0.25, 0.3) is 0 Å². The number of nitrogens with zero attached hydrogens (tertiary/aromatic N) is 2. The minimum absolute atomic E-state index is 0.0131. The molecule has 0 saturated heterocycles. The Morgan fingerprint density at radius 3 is 3.24 bits per heavy atom. The predicted octanol–water partition coefficient (Wildman–Crippen LogP) is 1.10. The van der Waals surface area contributed by atoms with Crippen molar-refractivity contribution >= 4 is 6.09 Å². The summed E-state index contributed by atoms with van der Waals surface area (Å²) in [7, 11) is 1.41. The summed E-state index contributed by atoms with van der Waals surface area (Å²) in [6.07, 6.45) is 4.90. The molecule has 1 aromatic heterocycles. The van der Waals surface area contributed by atoms with Crippen molar-refractivity contribution < 1.29 is 9.53 Å². The summed E-state index contributed by atoms with van der Waals surface area (Å²) in [5.74, 6) is 0. The Labute approximate surface area is 101 Å². The Morgan fingerprint density at radius 2 is 2.53 bits per heavy atom. The standard InChI is InChI=1S/C12H17N3O2/c1-17-12(16)15-7-4-9-8-14-6-3-10(9)11(15)2-5-13/h3,6,8,11H,2,4-5,7,13H2,1H3. The lowest BCUT2D eigenvalue weighted by atomic mass is 9.92. The van der Waals surface area contributed by atoms with Gasteiger partial charge in [-0.1, -0.05) is 0 Å². The quantitative estimate of drug-likeness (QED) is 0.833. The molecule has 5 nitrogen and oxygen atoms in total. The van der Waals surface area contributed by atoms with Crippen LogP contribution in [0.2, 0.25) is 0 Å². The average molecular weight is 235 g/mol. The van der Waals surface area contributed by atoms with Crippen LogP contribution in [0.3, 0.4) is 0 Å². The molecule has 2 N–H and O–H groups in total. The van der Waals surface area contributed by atoms with E-state index < -0.39 is 0 Å². The molecule has 0 saturated carbocycles. The molecular formula is C12H17N3O2. The molecule has 1 aliphatic rings.